The monoisotopic (exact) mass is 433 g/mol. The smallest absolute Gasteiger partial charge is 0.123 e. The van der Waals surface area contributed by atoms with E-state index < -0.39 is 0 Å². The Morgan fingerprint density at radius 3 is 2.34 bits per heavy atom. The Bertz CT molecular complexity index is 926. The number of phenolic OH excluding ortho intramolecular Hbond substituents is 1. The summed E-state index contributed by atoms with van der Waals surface area (Å²) in [6, 6.07) is 14.9. The molecule has 2 aromatic rings. The molecule has 0 aromatic heterocycles. The topological polar surface area (TPSA) is 49.8 Å². The van der Waals surface area contributed by atoms with Crippen molar-refractivity contribution in [2.45, 2.75) is 70.0 Å². The fraction of sp³-hybridized carbons (Fsp3) is 0.536. The first-order valence-corrected chi connectivity index (χ1v) is 12.4. The molecule has 2 aromatic carbocycles. The van der Waals surface area contributed by atoms with E-state index in [1.165, 1.54) is 48.9 Å². The summed E-state index contributed by atoms with van der Waals surface area (Å²) in [7, 11) is 0. The molecule has 1 N–H and O–H groups in total. The molecule has 2 heterocycles. The molecule has 3 aliphatic rings. The van der Waals surface area contributed by atoms with Gasteiger partial charge < -0.3 is 19.5 Å². The van der Waals surface area contributed by atoms with Crippen molar-refractivity contribution >= 4 is 12.0 Å². The Morgan fingerprint density at radius 1 is 0.938 bits per heavy atom. The zero-order valence-corrected chi connectivity index (χ0v) is 19.1. The number of aldehydes is 1. The number of nitrogens with zero attached hydrogens (tertiary/aromatic N) is 1. The fourth-order valence-corrected chi connectivity index (χ4v) is 6.16. The molecule has 2 aliphatic heterocycles. The maximum Gasteiger partial charge on any atom is 0.123 e. The number of ether oxygens (including phenoxy) is 1. The molecule has 0 bridgehead atoms. The van der Waals surface area contributed by atoms with Crippen LogP contribution < -0.4 is 4.90 Å². The van der Waals surface area contributed by atoms with Gasteiger partial charge in [0.25, 0.3) is 0 Å². The minimum atomic E-state index is -0.00124. The van der Waals surface area contributed by atoms with Gasteiger partial charge in [-0.25, -0.2) is 0 Å². The molecule has 5 rings (SSSR count). The van der Waals surface area contributed by atoms with Gasteiger partial charge in [-0.2, -0.15) is 0 Å². The summed E-state index contributed by atoms with van der Waals surface area (Å²) in [4.78, 5) is 13.5. The summed E-state index contributed by atoms with van der Waals surface area (Å²) in [6.07, 6.45) is 9.59. The van der Waals surface area contributed by atoms with E-state index in [2.05, 4.69) is 42.2 Å². The van der Waals surface area contributed by atoms with Crippen molar-refractivity contribution in [2.75, 3.05) is 18.0 Å². The lowest BCUT2D eigenvalue weighted by molar-refractivity contribution is -0.111. The molecule has 170 valence electrons. The third-order valence-corrected chi connectivity index (χ3v) is 8.00. The maximum absolute atomic E-state index is 11.1. The van der Waals surface area contributed by atoms with E-state index in [1.807, 2.05) is 12.1 Å². The van der Waals surface area contributed by atoms with E-state index in [0.717, 1.165) is 37.8 Å². The third kappa shape index (κ3) is 4.17. The second-order valence-electron chi connectivity index (χ2n) is 9.98. The van der Waals surface area contributed by atoms with Gasteiger partial charge in [0.15, 0.2) is 0 Å². The molecule has 3 atom stereocenters. The minimum absolute atomic E-state index is 0.00124. The number of carbonyl (C=O) groups is 1. The summed E-state index contributed by atoms with van der Waals surface area (Å²) in [5.41, 5.74) is 4.95. The van der Waals surface area contributed by atoms with Crippen LogP contribution in [0.3, 0.4) is 0 Å². The lowest BCUT2D eigenvalue weighted by Gasteiger charge is -2.43. The van der Waals surface area contributed by atoms with Crippen LogP contribution in [0.15, 0.2) is 42.5 Å². The van der Waals surface area contributed by atoms with Crippen molar-refractivity contribution in [3.8, 4) is 5.75 Å². The van der Waals surface area contributed by atoms with Crippen molar-refractivity contribution in [1.29, 1.82) is 0 Å². The lowest BCUT2D eigenvalue weighted by atomic mass is 9.72. The number of fused-ring (bicyclic) bond motifs is 1. The summed E-state index contributed by atoms with van der Waals surface area (Å²) >= 11 is 0. The highest BCUT2D eigenvalue weighted by Gasteiger charge is 2.40. The molecule has 0 radical (unpaired) electrons. The van der Waals surface area contributed by atoms with Gasteiger partial charge in [0, 0.05) is 30.6 Å². The Hall–Kier alpha value is -2.33. The molecular formula is C28H35NO3. The van der Waals surface area contributed by atoms with E-state index >= 15 is 0 Å². The van der Waals surface area contributed by atoms with Gasteiger partial charge in [-0.15, -0.1) is 0 Å². The standard InChI is InChI=1S/C28H35NO3/c1-19-26-17-24(31)11-12-25(26)27(28(32-19)22-5-3-2-4-6-22)21-7-9-23(10-8-21)29-15-13-20(18-30)14-16-29/h7-12,17-20,22,27-28,31H,2-6,13-16H2,1H3/t19-,27+,28+/m1/s1. The van der Waals surface area contributed by atoms with Gasteiger partial charge in [-0.1, -0.05) is 37.5 Å². The average molecular weight is 434 g/mol. The summed E-state index contributed by atoms with van der Waals surface area (Å²) in [5.74, 6) is 1.30. The molecule has 2 fully saturated rings. The number of hydrogen-bond acceptors (Lipinski definition) is 4. The van der Waals surface area contributed by atoms with Crippen LogP contribution >= 0.6 is 0 Å². The predicted molar refractivity (Wildman–Crippen MR) is 127 cm³/mol. The molecule has 0 unspecified atom stereocenters. The van der Waals surface area contributed by atoms with Gasteiger partial charge in [0.1, 0.15) is 12.0 Å². The Balaban J connectivity index is 1.46. The molecule has 32 heavy (non-hydrogen) atoms. The van der Waals surface area contributed by atoms with E-state index in [-0.39, 0.29) is 24.0 Å². The Labute approximate surface area is 191 Å². The molecule has 0 spiro atoms. The fourth-order valence-electron chi connectivity index (χ4n) is 6.16. The Kier molecular flexibility index (Phi) is 6.23. The van der Waals surface area contributed by atoms with Crippen LogP contribution in [0, 0.1) is 11.8 Å². The lowest BCUT2D eigenvalue weighted by Crippen LogP contribution is -2.37. The van der Waals surface area contributed by atoms with E-state index in [1.54, 1.807) is 0 Å². The van der Waals surface area contributed by atoms with Crippen molar-refractivity contribution in [3.63, 3.8) is 0 Å². The molecule has 4 nitrogen and oxygen atoms in total. The van der Waals surface area contributed by atoms with E-state index in [4.69, 9.17) is 4.74 Å². The molecule has 1 saturated carbocycles. The highest BCUT2D eigenvalue weighted by atomic mass is 16.5. The van der Waals surface area contributed by atoms with Crippen molar-refractivity contribution in [2.24, 2.45) is 11.8 Å². The number of aromatic hydroxyl groups is 1. The minimum Gasteiger partial charge on any atom is -0.508 e. The van der Waals surface area contributed by atoms with Crippen LogP contribution in [0.2, 0.25) is 0 Å². The quantitative estimate of drug-likeness (QED) is 0.603. The maximum atomic E-state index is 11.1. The zero-order valence-electron chi connectivity index (χ0n) is 19.1. The van der Waals surface area contributed by atoms with Crippen LogP contribution in [-0.4, -0.2) is 30.6 Å². The molecule has 4 heteroatoms. The highest BCUT2D eigenvalue weighted by molar-refractivity contribution is 5.56. The van der Waals surface area contributed by atoms with E-state index in [0.29, 0.717) is 11.7 Å². The second-order valence-corrected chi connectivity index (χ2v) is 9.98. The van der Waals surface area contributed by atoms with Gasteiger partial charge in [-0.3, -0.25) is 0 Å². The summed E-state index contributed by atoms with van der Waals surface area (Å²) in [5, 5.41) is 10.1. The molecular weight excluding hydrogens is 398 g/mol. The summed E-state index contributed by atoms with van der Waals surface area (Å²) in [6.45, 7) is 4.01. The predicted octanol–water partition coefficient (Wildman–Crippen LogP) is 5.98. The van der Waals surface area contributed by atoms with Crippen LogP contribution in [-0.2, 0) is 9.53 Å². The van der Waals surface area contributed by atoms with Crippen molar-refractivity contribution in [3.05, 3.63) is 59.2 Å². The first-order chi connectivity index (χ1) is 15.6. The first-order valence-electron chi connectivity index (χ1n) is 12.4. The molecule has 0 amide bonds. The third-order valence-electron chi connectivity index (χ3n) is 8.00. The number of carbonyl (C=O) groups excluding carboxylic acids is 1. The SMILES string of the molecule is C[C@H]1O[C@@H](C2CCCCC2)[C@@H](c2ccc(N3CCC(C=O)CC3)cc2)c2ccc(O)cc21. The summed E-state index contributed by atoms with van der Waals surface area (Å²) < 4.78 is 6.69. The number of hydrogen-bond donors (Lipinski definition) is 1. The Morgan fingerprint density at radius 2 is 1.66 bits per heavy atom. The van der Waals surface area contributed by atoms with Crippen molar-refractivity contribution < 1.29 is 14.6 Å². The van der Waals surface area contributed by atoms with Gasteiger partial charge in [0.05, 0.1) is 12.2 Å². The van der Waals surface area contributed by atoms with Gasteiger partial charge in [-0.05, 0) is 79.5 Å². The van der Waals surface area contributed by atoms with E-state index in [9.17, 15) is 9.90 Å². The second kappa shape index (κ2) is 9.27. The van der Waals surface area contributed by atoms with Gasteiger partial charge in [0.2, 0.25) is 0 Å². The highest BCUT2D eigenvalue weighted by Crippen LogP contribution is 2.47. The largest absolute Gasteiger partial charge is 0.508 e. The zero-order chi connectivity index (χ0) is 22.1. The molecule has 1 aliphatic carbocycles. The van der Waals surface area contributed by atoms with Crippen molar-refractivity contribution in [1.82, 2.24) is 0 Å². The van der Waals surface area contributed by atoms with Crippen LogP contribution in [0.25, 0.3) is 0 Å². The average Bonchev–Trinajstić information content (AvgIpc) is 2.85. The van der Waals surface area contributed by atoms with Crippen LogP contribution in [0.5, 0.6) is 5.75 Å². The first kappa shape index (κ1) is 21.5. The number of anilines is 1. The molecule has 1 saturated heterocycles. The number of piperidine rings is 1. The van der Waals surface area contributed by atoms with Gasteiger partial charge >= 0.3 is 0 Å². The van der Waals surface area contributed by atoms with Crippen LogP contribution in [0.1, 0.15) is 80.6 Å². The van der Waals surface area contributed by atoms with Crippen LogP contribution in [0.4, 0.5) is 5.69 Å². The number of phenols is 1. The number of rotatable bonds is 4. The normalized spacial score (nSPS) is 27.2. The number of benzene rings is 2.